The van der Waals surface area contributed by atoms with Crippen molar-refractivity contribution in [2.75, 3.05) is 32.8 Å². The summed E-state index contributed by atoms with van der Waals surface area (Å²) < 4.78 is 5.46. The minimum atomic E-state index is -1.19. The topological polar surface area (TPSA) is 87.2 Å². The minimum absolute atomic E-state index is 0.0748. The Morgan fingerprint density at radius 2 is 2.15 bits per heavy atom. The Hall–Kier alpha value is -2.57. The van der Waals surface area contributed by atoms with Crippen LogP contribution < -0.4 is 4.74 Å². The van der Waals surface area contributed by atoms with Crippen molar-refractivity contribution in [1.82, 2.24) is 9.80 Å². The van der Waals surface area contributed by atoms with Crippen molar-refractivity contribution in [3.05, 3.63) is 29.3 Å². The Balaban J connectivity index is 1.58. The third-order valence-electron chi connectivity index (χ3n) is 5.77. The largest absolute Gasteiger partial charge is 0.493 e. The number of rotatable bonds is 4. The maximum absolute atomic E-state index is 12.9. The molecular weight excluding hydrogens is 336 g/mol. The lowest BCUT2D eigenvalue weighted by molar-refractivity contribution is -0.149. The van der Waals surface area contributed by atoms with Gasteiger partial charge in [-0.05, 0) is 30.2 Å². The molecular formula is C19H22N2O5. The van der Waals surface area contributed by atoms with E-state index in [-0.39, 0.29) is 31.4 Å². The number of carbonyl (C=O) groups is 3. The molecule has 2 atom stereocenters. The van der Waals surface area contributed by atoms with Crippen LogP contribution in [0.1, 0.15) is 29.3 Å². The van der Waals surface area contributed by atoms with Crippen molar-refractivity contribution in [2.45, 2.75) is 19.8 Å². The Morgan fingerprint density at radius 3 is 2.85 bits per heavy atom. The van der Waals surface area contributed by atoms with Gasteiger partial charge in [0, 0.05) is 38.2 Å². The first-order valence-electron chi connectivity index (χ1n) is 9.03. The number of hydrogen-bond donors (Lipinski definition) is 1. The smallest absolute Gasteiger partial charge is 0.314 e. The summed E-state index contributed by atoms with van der Waals surface area (Å²) in [7, 11) is 0. The molecule has 2 saturated heterocycles. The summed E-state index contributed by atoms with van der Waals surface area (Å²) in [5.74, 6) is -1.22. The molecule has 2 amide bonds. The zero-order valence-corrected chi connectivity index (χ0v) is 14.7. The van der Waals surface area contributed by atoms with Gasteiger partial charge in [0.25, 0.3) is 5.91 Å². The average molecular weight is 358 g/mol. The molecule has 1 N–H and O–H groups in total. The van der Waals surface area contributed by atoms with Crippen LogP contribution in [0, 0.1) is 11.3 Å². The number of likely N-dealkylation sites (tertiary alicyclic amines) is 2. The first-order chi connectivity index (χ1) is 12.5. The SMILES string of the molecule is CCCN1C[C@@]2(C(=O)O)CN(C(=O)c3ccc4c(c3)CCO4)C[C@H]2C1=O. The standard InChI is InChI=1S/C19H22N2O5/c1-2-6-20-10-19(18(24)25)11-21(9-14(19)17(20)23)16(22)13-3-4-15-12(8-13)5-7-26-15/h3-4,8,14H,2,5-7,9-11H2,1H3,(H,24,25)/t14-,19+/m0/s1. The number of nitrogens with zero attached hydrogens (tertiary/aromatic N) is 2. The van der Waals surface area contributed by atoms with Gasteiger partial charge < -0.3 is 19.6 Å². The number of carboxylic acid groups (broad SMARTS) is 1. The molecule has 7 heteroatoms. The van der Waals surface area contributed by atoms with Gasteiger partial charge in [-0.15, -0.1) is 0 Å². The van der Waals surface area contributed by atoms with Crippen LogP contribution in [0.5, 0.6) is 5.75 Å². The first-order valence-corrected chi connectivity index (χ1v) is 9.03. The lowest BCUT2D eigenvalue weighted by Crippen LogP contribution is -2.42. The predicted octanol–water partition coefficient (Wildman–Crippen LogP) is 1.02. The third-order valence-corrected chi connectivity index (χ3v) is 5.77. The highest BCUT2D eigenvalue weighted by Gasteiger charge is 2.62. The molecule has 1 aromatic rings. The van der Waals surface area contributed by atoms with E-state index in [0.717, 1.165) is 24.2 Å². The summed E-state index contributed by atoms with van der Waals surface area (Å²) in [5, 5.41) is 9.84. The van der Waals surface area contributed by atoms with Gasteiger partial charge in [-0.1, -0.05) is 6.92 Å². The third kappa shape index (κ3) is 2.37. The number of benzene rings is 1. The Kier molecular flexibility index (Phi) is 3.89. The Bertz CT molecular complexity index is 792. The monoisotopic (exact) mass is 358 g/mol. The fourth-order valence-corrected chi connectivity index (χ4v) is 4.42. The molecule has 26 heavy (non-hydrogen) atoms. The lowest BCUT2D eigenvalue weighted by Gasteiger charge is -2.25. The summed E-state index contributed by atoms with van der Waals surface area (Å²) in [4.78, 5) is 40.8. The van der Waals surface area contributed by atoms with Crippen LogP contribution in [0.25, 0.3) is 0 Å². The normalized spacial score (nSPS) is 26.7. The molecule has 0 saturated carbocycles. The van der Waals surface area contributed by atoms with E-state index in [1.807, 2.05) is 13.0 Å². The van der Waals surface area contributed by atoms with Gasteiger partial charge in [0.2, 0.25) is 5.91 Å². The van der Waals surface area contributed by atoms with Crippen LogP contribution in [-0.4, -0.2) is 65.5 Å². The minimum Gasteiger partial charge on any atom is -0.493 e. The van der Waals surface area contributed by atoms with Crippen LogP contribution >= 0.6 is 0 Å². The van der Waals surface area contributed by atoms with Gasteiger partial charge in [0.05, 0.1) is 12.5 Å². The molecule has 3 heterocycles. The molecule has 2 fully saturated rings. The van der Waals surface area contributed by atoms with E-state index in [0.29, 0.717) is 18.7 Å². The van der Waals surface area contributed by atoms with Gasteiger partial charge in [-0.3, -0.25) is 14.4 Å². The maximum atomic E-state index is 12.9. The summed E-state index contributed by atoms with van der Waals surface area (Å²) in [6, 6.07) is 5.31. The van der Waals surface area contributed by atoms with Crippen molar-refractivity contribution in [3.8, 4) is 5.75 Å². The number of fused-ring (bicyclic) bond motifs is 2. The van der Waals surface area contributed by atoms with E-state index in [1.54, 1.807) is 17.0 Å². The molecule has 7 nitrogen and oxygen atoms in total. The quantitative estimate of drug-likeness (QED) is 0.868. The second-order valence-corrected chi connectivity index (χ2v) is 7.38. The van der Waals surface area contributed by atoms with E-state index in [4.69, 9.17) is 4.74 Å². The van der Waals surface area contributed by atoms with Crippen molar-refractivity contribution < 1.29 is 24.2 Å². The lowest BCUT2D eigenvalue weighted by atomic mass is 9.81. The average Bonchev–Trinajstić information content (AvgIpc) is 3.29. The van der Waals surface area contributed by atoms with E-state index in [2.05, 4.69) is 0 Å². The Morgan fingerprint density at radius 1 is 1.35 bits per heavy atom. The first kappa shape index (κ1) is 16.9. The van der Waals surface area contributed by atoms with E-state index >= 15 is 0 Å². The zero-order chi connectivity index (χ0) is 18.5. The molecule has 0 aromatic heterocycles. The summed E-state index contributed by atoms with van der Waals surface area (Å²) in [6.07, 6.45) is 1.55. The molecule has 0 radical (unpaired) electrons. The second kappa shape index (κ2) is 6.00. The summed E-state index contributed by atoms with van der Waals surface area (Å²) >= 11 is 0. The Labute approximate surface area is 151 Å². The molecule has 4 rings (SSSR count). The van der Waals surface area contributed by atoms with E-state index < -0.39 is 17.3 Å². The number of amides is 2. The van der Waals surface area contributed by atoms with Gasteiger partial charge in [-0.2, -0.15) is 0 Å². The summed E-state index contributed by atoms with van der Waals surface area (Å²) in [5.41, 5.74) is 0.322. The molecule has 0 aliphatic carbocycles. The van der Waals surface area contributed by atoms with Gasteiger partial charge >= 0.3 is 5.97 Å². The van der Waals surface area contributed by atoms with E-state index in [1.165, 1.54) is 4.90 Å². The van der Waals surface area contributed by atoms with E-state index in [9.17, 15) is 19.5 Å². The van der Waals surface area contributed by atoms with Crippen LogP contribution in [0.2, 0.25) is 0 Å². The number of hydrogen-bond acceptors (Lipinski definition) is 4. The van der Waals surface area contributed by atoms with Gasteiger partial charge in [-0.25, -0.2) is 0 Å². The molecule has 1 aromatic carbocycles. The van der Waals surface area contributed by atoms with Gasteiger partial charge in [0.15, 0.2) is 0 Å². The van der Waals surface area contributed by atoms with Crippen molar-refractivity contribution in [2.24, 2.45) is 11.3 Å². The predicted molar refractivity (Wildman–Crippen MR) is 92.0 cm³/mol. The van der Waals surface area contributed by atoms with Crippen molar-refractivity contribution in [1.29, 1.82) is 0 Å². The molecule has 3 aliphatic rings. The van der Waals surface area contributed by atoms with Crippen LogP contribution in [0.4, 0.5) is 0 Å². The fraction of sp³-hybridized carbons (Fsp3) is 0.526. The molecule has 0 unspecified atom stereocenters. The maximum Gasteiger partial charge on any atom is 0.314 e. The zero-order valence-electron chi connectivity index (χ0n) is 14.7. The van der Waals surface area contributed by atoms with Crippen LogP contribution in [-0.2, 0) is 16.0 Å². The summed E-state index contributed by atoms with van der Waals surface area (Å²) in [6.45, 7) is 3.55. The highest BCUT2D eigenvalue weighted by atomic mass is 16.5. The number of ether oxygens (including phenoxy) is 1. The van der Waals surface area contributed by atoms with Crippen LogP contribution in [0.15, 0.2) is 18.2 Å². The molecule has 3 aliphatic heterocycles. The highest BCUT2D eigenvalue weighted by molar-refractivity contribution is 5.98. The number of carboxylic acids is 1. The van der Waals surface area contributed by atoms with Crippen molar-refractivity contribution >= 4 is 17.8 Å². The fourth-order valence-electron chi connectivity index (χ4n) is 4.42. The van der Waals surface area contributed by atoms with Crippen LogP contribution in [0.3, 0.4) is 0 Å². The number of carbonyl (C=O) groups excluding carboxylic acids is 2. The highest BCUT2D eigenvalue weighted by Crippen LogP contribution is 2.44. The number of aliphatic carboxylic acids is 1. The molecule has 138 valence electrons. The second-order valence-electron chi connectivity index (χ2n) is 7.38. The molecule has 0 bridgehead atoms. The molecule has 0 spiro atoms. The van der Waals surface area contributed by atoms with Gasteiger partial charge in [0.1, 0.15) is 11.2 Å². The van der Waals surface area contributed by atoms with Crippen molar-refractivity contribution in [3.63, 3.8) is 0 Å².